The van der Waals surface area contributed by atoms with Gasteiger partial charge in [-0.25, -0.2) is 4.79 Å². The molecule has 1 aromatic heterocycles. The summed E-state index contributed by atoms with van der Waals surface area (Å²) in [5.41, 5.74) is 3.04. The smallest absolute Gasteiger partial charge is 0.406 e. The van der Waals surface area contributed by atoms with Crippen molar-refractivity contribution in [3.05, 3.63) is 31.2 Å². The third-order valence-corrected chi connectivity index (χ3v) is 4.08. The van der Waals surface area contributed by atoms with Crippen LogP contribution in [-0.4, -0.2) is 4.57 Å². The summed E-state index contributed by atoms with van der Waals surface area (Å²) >= 11 is 9.54. The van der Waals surface area contributed by atoms with Crippen LogP contribution in [0.5, 0.6) is 0 Å². The fourth-order valence-electron chi connectivity index (χ4n) is 1.67. The Morgan fingerprint density at radius 3 is 2.53 bits per heavy atom. The number of aromatic nitrogens is 1. The second kappa shape index (κ2) is 3.39. The lowest BCUT2D eigenvalue weighted by molar-refractivity contribution is 0.526. The van der Waals surface area contributed by atoms with Gasteiger partial charge in [-0.15, -0.1) is 0 Å². The van der Waals surface area contributed by atoms with Crippen molar-refractivity contribution in [2.24, 2.45) is 7.05 Å². The Morgan fingerprint density at radius 2 is 1.93 bits per heavy atom. The highest BCUT2D eigenvalue weighted by molar-refractivity contribution is 9.10. The van der Waals surface area contributed by atoms with E-state index in [0.717, 1.165) is 21.1 Å². The molecule has 0 aliphatic rings. The first-order valence-electron chi connectivity index (χ1n) is 4.38. The lowest BCUT2D eigenvalue weighted by atomic mass is 10.1. The Balaban J connectivity index is 3.14. The number of rotatable bonds is 0. The van der Waals surface area contributed by atoms with Gasteiger partial charge < -0.3 is 4.42 Å². The molecule has 2 rings (SSSR count). The van der Waals surface area contributed by atoms with Crippen molar-refractivity contribution < 1.29 is 4.42 Å². The molecule has 0 bridgehead atoms. The molecule has 0 saturated carbocycles. The summed E-state index contributed by atoms with van der Waals surface area (Å²) in [6.45, 7) is 3.75. The SMILES string of the molecule is Cc1c(Cl)c(C)c2c(oc(=O)n2C)c1Br. The summed E-state index contributed by atoms with van der Waals surface area (Å²) in [5, 5.41) is 0.658. The molecule has 0 N–H and O–H groups in total. The van der Waals surface area contributed by atoms with E-state index in [2.05, 4.69) is 15.9 Å². The summed E-state index contributed by atoms with van der Waals surface area (Å²) in [5.74, 6) is -0.379. The first-order chi connectivity index (χ1) is 6.95. The quantitative estimate of drug-likeness (QED) is 0.747. The molecule has 0 atom stereocenters. The number of nitrogens with zero attached hydrogens (tertiary/aromatic N) is 1. The van der Waals surface area contributed by atoms with Gasteiger partial charge in [-0.2, -0.15) is 0 Å². The van der Waals surface area contributed by atoms with E-state index >= 15 is 0 Å². The average Bonchev–Trinajstić information content (AvgIpc) is 2.50. The molecule has 0 saturated heterocycles. The van der Waals surface area contributed by atoms with Crippen LogP contribution in [0.25, 0.3) is 11.1 Å². The normalized spacial score (nSPS) is 11.3. The zero-order valence-corrected chi connectivity index (χ0v) is 10.9. The average molecular weight is 291 g/mol. The van der Waals surface area contributed by atoms with E-state index in [-0.39, 0.29) is 5.76 Å². The second-order valence-electron chi connectivity index (χ2n) is 3.48. The van der Waals surface area contributed by atoms with Gasteiger partial charge in [0.15, 0.2) is 5.58 Å². The maximum Gasteiger partial charge on any atom is 0.419 e. The van der Waals surface area contributed by atoms with Gasteiger partial charge >= 0.3 is 5.76 Å². The van der Waals surface area contributed by atoms with E-state index in [0.29, 0.717) is 10.6 Å². The molecule has 0 radical (unpaired) electrons. The van der Waals surface area contributed by atoms with Gasteiger partial charge in [0.05, 0.1) is 9.99 Å². The molecule has 3 nitrogen and oxygen atoms in total. The van der Waals surface area contributed by atoms with Crippen LogP contribution in [0, 0.1) is 13.8 Å². The fraction of sp³-hybridized carbons (Fsp3) is 0.300. The molecular weight excluding hydrogens is 281 g/mol. The summed E-state index contributed by atoms with van der Waals surface area (Å²) in [6, 6.07) is 0. The van der Waals surface area contributed by atoms with Gasteiger partial charge in [0.1, 0.15) is 0 Å². The maximum absolute atomic E-state index is 11.4. The first kappa shape index (κ1) is 10.8. The van der Waals surface area contributed by atoms with Crippen molar-refractivity contribution >= 4 is 38.6 Å². The summed E-state index contributed by atoms with van der Waals surface area (Å²) in [6.07, 6.45) is 0. The van der Waals surface area contributed by atoms with E-state index in [1.807, 2.05) is 13.8 Å². The molecule has 5 heteroatoms. The monoisotopic (exact) mass is 289 g/mol. The van der Waals surface area contributed by atoms with Crippen LogP contribution in [0.4, 0.5) is 0 Å². The Labute approximate surface area is 99.8 Å². The van der Waals surface area contributed by atoms with Crippen molar-refractivity contribution in [2.45, 2.75) is 13.8 Å². The molecule has 0 amide bonds. The molecule has 80 valence electrons. The standard InChI is InChI=1S/C10H9BrClNO2/c1-4-6(11)9-8(5(2)7(4)12)13(3)10(14)15-9/h1-3H3. The number of aryl methyl sites for hydroxylation is 2. The van der Waals surface area contributed by atoms with E-state index in [9.17, 15) is 4.79 Å². The first-order valence-corrected chi connectivity index (χ1v) is 5.56. The number of hydrogen-bond donors (Lipinski definition) is 0. The van der Waals surface area contributed by atoms with Crippen LogP contribution >= 0.6 is 27.5 Å². The number of oxazole rings is 1. The lowest BCUT2D eigenvalue weighted by Crippen LogP contribution is -2.09. The molecule has 1 heterocycles. The number of fused-ring (bicyclic) bond motifs is 1. The van der Waals surface area contributed by atoms with Crippen molar-refractivity contribution in [2.75, 3.05) is 0 Å². The highest BCUT2D eigenvalue weighted by Gasteiger charge is 2.17. The summed E-state index contributed by atoms with van der Waals surface area (Å²) in [7, 11) is 1.67. The van der Waals surface area contributed by atoms with Crippen molar-refractivity contribution in [1.82, 2.24) is 4.57 Å². The van der Waals surface area contributed by atoms with Gasteiger partial charge in [0.25, 0.3) is 0 Å². The zero-order chi connectivity index (χ0) is 11.3. The van der Waals surface area contributed by atoms with Crippen LogP contribution < -0.4 is 5.76 Å². The van der Waals surface area contributed by atoms with Gasteiger partial charge in [-0.3, -0.25) is 4.57 Å². The predicted octanol–water partition coefficient (Wildman–Crippen LogP) is 3.16. The van der Waals surface area contributed by atoms with Crippen molar-refractivity contribution in [3.8, 4) is 0 Å². The molecule has 0 spiro atoms. The van der Waals surface area contributed by atoms with Crippen LogP contribution in [0.1, 0.15) is 11.1 Å². The Morgan fingerprint density at radius 1 is 1.33 bits per heavy atom. The molecule has 0 aliphatic heterocycles. The minimum atomic E-state index is -0.379. The number of hydrogen-bond acceptors (Lipinski definition) is 2. The molecule has 1 aromatic carbocycles. The van der Waals surface area contributed by atoms with Gasteiger partial charge in [-0.05, 0) is 40.9 Å². The third kappa shape index (κ3) is 1.35. The summed E-state index contributed by atoms with van der Waals surface area (Å²) in [4.78, 5) is 11.4. The molecule has 0 fully saturated rings. The van der Waals surface area contributed by atoms with E-state index in [1.54, 1.807) is 7.05 Å². The molecule has 15 heavy (non-hydrogen) atoms. The number of halogens is 2. The zero-order valence-electron chi connectivity index (χ0n) is 8.52. The topological polar surface area (TPSA) is 35.1 Å². The highest BCUT2D eigenvalue weighted by atomic mass is 79.9. The van der Waals surface area contributed by atoms with E-state index in [1.165, 1.54) is 4.57 Å². The lowest BCUT2D eigenvalue weighted by Gasteiger charge is -2.06. The van der Waals surface area contributed by atoms with Crippen LogP contribution in [0.3, 0.4) is 0 Å². The number of benzene rings is 1. The van der Waals surface area contributed by atoms with Crippen molar-refractivity contribution in [3.63, 3.8) is 0 Å². The minimum Gasteiger partial charge on any atom is -0.406 e. The maximum atomic E-state index is 11.4. The van der Waals surface area contributed by atoms with Crippen molar-refractivity contribution in [1.29, 1.82) is 0 Å². The van der Waals surface area contributed by atoms with E-state index < -0.39 is 0 Å². The fourth-order valence-corrected chi connectivity index (χ4v) is 2.44. The van der Waals surface area contributed by atoms with Crippen LogP contribution in [-0.2, 0) is 7.05 Å². The molecule has 0 unspecified atom stereocenters. The Bertz CT molecular complexity index is 612. The van der Waals surface area contributed by atoms with Crippen LogP contribution in [0.15, 0.2) is 13.7 Å². The predicted molar refractivity (Wildman–Crippen MR) is 63.6 cm³/mol. The molecular formula is C10H9BrClNO2. The molecule has 2 aromatic rings. The molecule has 0 aliphatic carbocycles. The third-order valence-electron chi connectivity index (χ3n) is 2.56. The minimum absolute atomic E-state index is 0.379. The Kier molecular flexibility index (Phi) is 2.43. The Hall–Kier alpha value is -0.740. The van der Waals surface area contributed by atoms with Crippen LogP contribution in [0.2, 0.25) is 5.02 Å². The van der Waals surface area contributed by atoms with Gasteiger partial charge in [0, 0.05) is 12.1 Å². The second-order valence-corrected chi connectivity index (χ2v) is 4.65. The van der Waals surface area contributed by atoms with Gasteiger partial charge in [-0.1, -0.05) is 11.6 Å². The van der Waals surface area contributed by atoms with Gasteiger partial charge in [0.2, 0.25) is 0 Å². The van der Waals surface area contributed by atoms with E-state index in [4.69, 9.17) is 16.0 Å². The largest absolute Gasteiger partial charge is 0.419 e. The highest BCUT2D eigenvalue weighted by Crippen LogP contribution is 2.35. The summed E-state index contributed by atoms with van der Waals surface area (Å²) < 4.78 is 7.35.